The van der Waals surface area contributed by atoms with Crippen LogP contribution in [0.2, 0.25) is 0 Å². The smallest absolute Gasteiger partial charge is 0.236 e. The highest BCUT2D eigenvalue weighted by molar-refractivity contribution is 5.78. The van der Waals surface area contributed by atoms with Crippen molar-refractivity contribution in [1.29, 1.82) is 0 Å². The van der Waals surface area contributed by atoms with E-state index in [2.05, 4.69) is 43.9 Å². The third kappa shape index (κ3) is 6.38. The lowest BCUT2D eigenvalue weighted by atomic mass is 10.1. The second kappa shape index (κ2) is 11.6. The normalized spacial score (nSPS) is 17.4. The van der Waals surface area contributed by atoms with Crippen LogP contribution in [0.1, 0.15) is 35.9 Å². The van der Waals surface area contributed by atoms with Crippen LogP contribution in [0.25, 0.3) is 0 Å². The average Bonchev–Trinajstić information content (AvgIpc) is 3.59. The highest BCUT2D eigenvalue weighted by Gasteiger charge is 2.23. The van der Waals surface area contributed by atoms with E-state index in [0.29, 0.717) is 56.7 Å². The summed E-state index contributed by atoms with van der Waals surface area (Å²) in [6, 6.07) is 9.99. The molecule has 1 amide bonds. The van der Waals surface area contributed by atoms with Gasteiger partial charge in [0.1, 0.15) is 17.6 Å². The third-order valence-electron chi connectivity index (χ3n) is 6.67. The number of carbonyl (C=O) groups excluding carboxylic acids is 1. The lowest BCUT2D eigenvalue weighted by Gasteiger charge is -2.37. The quantitative estimate of drug-likeness (QED) is 0.503. The van der Waals surface area contributed by atoms with Crippen molar-refractivity contribution in [2.45, 2.75) is 19.6 Å². The monoisotopic (exact) mass is 504 g/mol. The van der Waals surface area contributed by atoms with Gasteiger partial charge in [-0.25, -0.2) is 4.98 Å². The van der Waals surface area contributed by atoms with Crippen LogP contribution < -0.4 is 4.90 Å². The average molecular weight is 505 g/mol. The number of anilines is 1. The largest absolute Gasteiger partial charge is 0.385 e. The molecule has 3 aromatic rings. The van der Waals surface area contributed by atoms with Gasteiger partial charge in [0.15, 0.2) is 0 Å². The van der Waals surface area contributed by atoms with E-state index in [4.69, 9.17) is 9.26 Å². The van der Waals surface area contributed by atoms with Gasteiger partial charge in [-0.05, 0) is 37.1 Å². The molecule has 0 radical (unpaired) electrons. The zero-order valence-corrected chi connectivity index (χ0v) is 21.0. The van der Waals surface area contributed by atoms with Gasteiger partial charge >= 0.3 is 0 Å². The van der Waals surface area contributed by atoms with Crippen molar-refractivity contribution in [1.82, 2.24) is 24.5 Å². The van der Waals surface area contributed by atoms with Crippen LogP contribution in [0.3, 0.4) is 0 Å². The number of nitrogens with zero attached hydrogens (tertiary/aromatic N) is 6. The number of aliphatic hydroxyl groups excluding tert-OH is 1. The summed E-state index contributed by atoms with van der Waals surface area (Å²) < 4.78 is 12.5. The fourth-order valence-corrected chi connectivity index (χ4v) is 4.60. The Morgan fingerprint density at radius 1 is 1.08 bits per heavy atom. The van der Waals surface area contributed by atoms with Crippen molar-refractivity contribution >= 4 is 11.6 Å². The minimum Gasteiger partial charge on any atom is -0.385 e. The van der Waals surface area contributed by atoms with Gasteiger partial charge in [-0.2, -0.15) is 0 Å². The van der Waals surface area contributed by atoms with Gasteiger partial charge in [-0.1, -0.05) is 11.1 Å². The van der Waals surface area contributed by atoms with Gasteiger partial charge in [0.25, 0.3) is 0 Å². The number of rotatable bonds is 6. The summed E-state index contributed by atoms with van der Waals surface area (Å²) in [5.74, 6) is 7.43. The summed E-state index contributed by atoms with van der Waals surface area (Å²) in [4.78, 5) is 23.2. The number of aliphatic hydroxyl groups is 1. The van der Waals surface area contributed by atoms with E-state index in [0.717, 1.165) is 37.4 Å². The number of benzene rings is 1. The van der Waals surface area contributed by atoms with E-state index in [1.807, 2.05) is 21.6 Å². The highest BCUT2D eigenvalue weighted by Crippen LogP contribution is 2.18. The molecule has 2 aliphatic rings. The van der Waals surface area contributed by atoms with Crippen LogP contribution in [0, 0.1) is 11.8 Å². The Kier molecular flexibility index (Phi) is 7.84. The molecule has 37 heavy (non-hydrogen) atoms. The molecule has 4 heterocycles. The molecule has 0 saturated carbocycles. The van der Waals surface area contributed by atoms with Gasteiger partial charge in [0.05, 0.1) is 26.3 Å². The summed E-state index contributed by atoms with van der Waals surface area (Å²) in [6.45, 7) is 8.78. The SMILES string of the molecule is C[C@H](O)c1nccn1Cc1cc(C#Cc2ccc(N3CCN(CC(=O)N4CCOCC4)CC3)cc2)on1. The first kappa shape index (κ1) is 25.0. The Bertz CT molecular complexity index is 1240. The van der Waals surface area contributed by atoms with Crippen LogP contribution in [-0.4, -0.2) is 94.5 Å². The van der Waals surface area contributed by atoms with Crippen LogP contribution in [0.5, 0.6) is 0 Å². The van der Waals surface area contributed by atoms with Crippen LogP contribution >= 0.6 is 0 Å². The minimum atomic E-state index is -0.655. The molecule has 10 heteroatoms. The molecule has 2 saturated heterocycles. The summed E-state index contributed by atoms with van der Waals surface area (Å²) in [7, 11) is 0. The first-order valence-electron chi connectivity index (χ1n) is 12.6. The van der Waals surface area contributed by atoms with Crippen molar-refractivity contribution < 1.29 is 19.2 Å². The van der Waals surface area contributed by atoms with E-state index in [1.165, 1.54) is 0 Å². The Balaban J connectivity index is 1.11. The summed E-state index contributed by atoms with van der Waals surface area (Å²) in [6.07, 6.45) is 2.80. The number of morpholine rings is 1. The standard InChI is InChI=1S/C27H32N6O4/c1-21(34)27-28-8-9-33(27)19-23-18-25(37-29-23)7-4-22-2-5-24(6-3-22)31-12-10-30(11-13-31)20-26(35)32-14-16-36-17-15-32/h2-3,5-6,8-9,18,21,34H,10-17,19-20H2,1H3/t21-/m0/s1. The summed E-state index contributed by atoms with van der Waals surface area (Å²) >= 11 is 0. The maximum Gasteiger partial charge on any atom is 0.236 e. The fraction of sp³-hybridized carbons (Fsp3) is 0.444. The van der Waals surface area contributed by atoms with Crippen molar-refractivity contribution in [3.8, 4) is 11.8 Å². The Morgan fingerprint density at radius 3 is 2.57 bits per heavy atom. The van der Waals surface area contributed by atoms with E-state index in [1.54, 1.807) is 25.4 Å². The number of amides is 1. The molecule has 2 fully saturated rings. The molecule has 2 aromatic heterocycles. The van der Waals surface area contributed by atoms with Crippen molar-refractivity contribution in [3.63, 3.8) is 0 Å². The topological polar surface area (TPSA) is 100 Å². The van der Waals surface area contributed by atoms with E-state index in [9.17, 15) is 9.90 Å². The van der Waals surface area contributed by atoms with E-state index < -0.39 is 6.10 Å². The number of imidazole rings is 1. The van der Waals surface area contributed by atoms with Crippen LogP contribution in [0.4, 0.5) is 5.69 Å². The fourth-order valence-electron chi connectivity index (χ4n) is 4.60. The molecule has 194 valence electrons. The Hall–Kier alpha value is -3.65. The molecular weight excluding hydrogens is 472 g/mol. The van der Waals surface area contributed by atoms with Gasteiger partial charge in [0.2, 0.25) is 11.7 Å². The highest BCUT2D eigenvalue weighted by atomic mass is 16.5. The molecule has 5 rings (SSSR count). The molecule has 0 aliphatic carbocycles. The third-order valence-corrected chi connectivity index (χ3v) is 6.67. The second-order valence-corrected chi connectivity index (χ2v) is 9.33. The molecule has 1 N–H and O–H groups in total. The van der Waals surface area contributed by atoms with Crippen molar-refractivity contribution in [2.75, 3.05) is 63.9 Å². The molecule has 1 atom stereocenters. The van der Waals surface area contributed by atoms with Gasteiger partial charge in [-0.3, -0.25) is 9.69 Å². The zero-order chi connectivity index (χ0) is 25.6. The lowest BCUT2D eigenvalue weighted by Crippen LogP contribution is -2.51. The maximum atomic E-state index is 12.5. The molecular formula is C27H32N6O4. The molecule has 2 aliphatic heterocycles. The van der Waals surface area contributed by atoms with Gasteiger partial charge < -0.3 is 28.7 Å². The maximum absolute atomic E-state index is 12.5. The van der Waals surface area contributed by atoms with Gasteiger partial charge in [0, 0.05) is 69.0 Å². The second-order valence-electron chi connectivity index (χ2n) is 9.33. The minimum absolute atomic E-state index is 0.199. The zero-order valence-electron chi connectivity index (χ0n) is 21.0. The Morgan fingerprint density at radius 2 is 1.84 bits per heavy atom. The number of piperazine rings is 1. The van der Waals surface area contributed by atoms with Crippen LogP contribution in [-0.2, 0) is 16.1 Å². The van der Waals surface area contributed by atoms with Gasteiger partial charge in [-0.15, -0.1) is 0 Å². The first-order valence-corrected chi connectivity index (χ1v) is 12.6. The first-order chi connectivity index (χ1) is 18.0. The van der Waals surface area contributed by atoms with Crippen molar-refractivity contribution in [2.24, 2.45) is 0 Å². The number of aromatic nitrogens is 3. The lowest BCUT2D eigenvalue weighted by molar-refractivity contribution is -0.136. The predicted molar refractivity (Wildman–Crippen MR) is 137 cm³/mol. The van der Waals surface area contributed by atoms with E-state index >= 15 is 0 Å². The van der Waals surface area contributed by atoms with Crippen LogP contribution in [0.15, 0.2) is 47.2 Å². The molecule has 10 nitrogen and oxygen atoms in total. The summed E-state index contributed by atoms with van der Waals surface area (Å²) in [5, 5.41) is 13.9. The predicted octanol–water partition coefficient (Wildman–Crippen LogP) is 1.35. The molecule has 0 bridgehead atoms. The number of ether oxygens (including phenoxy) is 1. The molecule has 0 unspecified atom stereocenters. The molecule has 0 spiro atoms. The van der Waals surface area contributed by atoms with E-state index in [-0.39, 0.29) is 5.91 Å². The molecule has 1 aromatic carbocycles. The van der Waals surface area contributed by atoms with Crippen molar-refractivity contribution in [3.05, 3.63) is 65.6 Å². The number of carbonyl (C=O) groups is 1. The number of hydrogen-bond donors (Lipinski definition) is 1. The number of hydrogen-bond acceptors (Lipinski definition) is 8. The summed E-state index contributed by atoms with van der Waals surface area (Å²) in [5.41, 5.74) is 2.76. The Labute approximate surface area is 216 Å².